The van der Waals surface area contributed by atoms with Gasteiger partial charge in [-0.25, -0.2) is 0 Å². The van der Waals surface area contributed by atoms with E-state index in [2.05, 4.69) is 39.5 Å². The van der Waals surface area contributed by atoms with Crippen LogP contribution < -0.4 is 0 Å². The van der Waals surface area contributed by atoms with Crippen LogP contribution in [-0.4, -0.2) is 0 Å². The lowest BCUT2D eigenvalue weighted by atomic mass is 9.63. The van der Waals surface area contributed by atoms with Crippen molar-refractivity contribution in [1.82, 2.24) is 0 Å². The molecule has 0 aromatic rings. The molecule has 3 fully saturated rings. The molecule has 0 nitrogen and oxygen atoms in total. The molecule has 136 valence electrons. The standard InChI is InChI=1S/C22H34.C2H6/c1-5-20-13-14-21-19(10-7-15-22(20,21)4)12-11-18-9-6-8-16(2)17(18)3;1-2/h11-12,16,20-21H,3,5-10,13-15H2,1-2,4H3;1-2H3/b18-11-,19-12+;. The summed E-state index contributed by atoms with van der Waals surface area (Å²) in [7, 11) is 0. The highest BCUT2D eigenvalue weighted by Gasteiger charge is 2.48. The van der Waals surface area contributed by atoms with E-state index >= 15 is 0 Å². The van der Waals surface area contributed by atoms with Crippen molar-refractivity contribution >= 4 is 0 Å². The lowest BCUT2D eigenvalue weighted by Crippen LogP contribution is -2.32. The van der Waals surface area contributed by atoms with E-state index in [1.54, 1.807) is 5.57 Å². The molecule has 3 aliphatic carbocycles. The van der Waals surface area contributed by atoms with Gasteiger partial charge in [0.1, 0.15) is 0 Å². The largest absolute Gasteiger partial charge is 0.0953 e. The van der Waals surface area contributed by atoms with Crippen molar-refractivity contribution in [3.63, 3.8) is 0 Å². The summed E-state index contributed by atoms with van der Waals surface area (Å²) < 4.78 is 0. The van der Waals surface area contributed by atoms with Gasteiger partial charge < -0.3 is 0 Å². The Morgan fingerprint density at radius 1 is 1.08 bits per heavy atom. The molecule has 3 aliphatic rings. The molecule has 0 heteroatoms. The Morgan fingerprint density at radius 3 is 2.54 bits per heavy atom. The molecule has 0 radical (unpaired) electrons. The van der Waals surface area contributed by atoms with Gasteiger partial charge in [0.15, 0.2) is 0 Å². The zero-order chi connectivity index (χ0) is 17.7. The SMILES string of the molecule is C=C1/C(=C\C=C2/CCCC3(C)C(CC)CCC23)CCCC1C.CC. The Kier molecular flexibility index (Phi) is 6.96. The summed E-state index contributed by atoms with van der Waals surface area (Å²) in [5.41, 5.74) is 5.28. The van der Waals surface area contributed by atoms with Crippen LogP contribution in [0.2, 0.25) is 0 Å². The monoisotopic (exact) mass is 328 g/mol. The Bertz CT molecular complexity index is 492. The summed E-state index contributed by atoms with van der Waals surface area (Å²) in [6.07, 6.45) is 17.3. The van der Waals surface area contributed by atoms with Gasteiger partial charge in [-0.1, -0.05) is 65.3 Å². The van der Waals surface area contributed by atoms with Gasteiger partial charge in [-0.05, 0) is 85.7 Å². The smallest absolute Gasteiger partial charge is 0.0143 e. The fraction of sp³-hybridized carbons (Fsp3) is 0.750. The lowest BCUT2D eigenvalue weighted by Gasteiger charge is -2.42. The fourth-order valence-corrected chi connectivity index (χ4v) is 5.66. The molecule has 3 rings (SSSR count). The summed E-state index contributed by atoms with van der Waals surface area (Å²) in [5.74, 6) is 2.50. The number of rotatable bonds is 2. The van der Waals surface area contributed by atoms with E-state index in [0.717, 1.165) is 11.8 Å². The molecule has 0 heterocycles. The third-order valence-electron chi connectivity index (χ3n) is 7.24. The maximum absolute atomic E-state index is 4.35. The first-order chi connectivity index (χ1) is 11.6. The number of fused-ring (bicyclic) bond motifs is 1. The van der Waals surface area contributed by atoms with Crippen LogP contribution >= 0.6 is 0 Å². The number of hydrogen-bond donors (Lipinski definition) is 0. The van der Waals surface area contributed by atoms with Crippen LogP contribution in [0.5, 0.6) is 0 Å². The minimum Gasteiger partial charge on any atom is -0.0953 e. The molecular weight excluding hydrogens is 288 g/mol. The Hall–Kier alpha value is -0.780. The fourth-order valence-electron chi connectivity index (χ4n) is 5.66. The second-order valence-corrected chi connectivity index (χ2v) is 8.35. The molecule has 0 aromatic heterocycles. The van der Waals surface area contributed by atoms with Crippen LogP contribution in [0, 0.1) is 23.2 Å². The van der Waals surface area contributed by atoms with Crippen molar-refractivity contribution in [3.05, 3.63) is 35.5 Å². The zero-order valence-electron chi connectivity index (χ0n) is 17.0. The molecule has 4 unspecified atom stereocenters. The summed E-state index contributed by atoms with van der Waals surface area (Å²) in [4.78, 5) is 0. The first-order valence-corrected chi connectivity index (χ1v) is 10.6. The van der Waals surface area contributed by atoms with Crippen molar-refractivity contribution in [2.24, 2.45) is 23.2 Å². The Morgan fingerprint density at radius 2 is 1.83 bits per heavy atom. The quantitative estimate of drug-likeness (QED) is 0.484. The molecule has 0 saturated heterocycles. The Balaban J connectivity index is 0.00000100. The van der Waals surface area contributed by atoms with Gasteiger partial charge in [-0.2, -0.15) is 0 Å². The van der Waals surface area contributed by atoms with Crippen LogP contribution in [-0.2, 0) is 0 Å². The Labute approximate surface area is 151 Å². The first-order valence-electron chi connectivity index (χ1n) is 10.6. The van der Waals surface area contributed by atoms with Crippen LogP contribution in [0.1, 0.15) is 92.4 Å². The average molecular weight is 329 g/mol. The van der Waals surface area contributed by atoms with E-state index in [4.69, 9.17) is 0 Å². The summed E-state index contributed by atoms with van der Waals surface area (Å²) >= 11 is 0. The highest BCUT2D eigenvalue weighted by atomic mass is 14.5. The lowest BCUT2D eigenvalue weighted by molar-refractivity contribution is 0.133. The molecule has 0 spiro atoms. The third kappa shape index (κ3) is 3.73. The maximum Gasteiger partial charge on any atom is -0.0143 e. The van der Waals surface area contributed by atoms with Gasteiger partial charge in [-0.3, -0.25) is 0 Å². The van der Waals surface area contributed by atoms with E-state index in [1.165, 1.54) is 68.9 Å². The summed E-state index contributed by atoms with van der Waals surface area (Å²) in [6.45, 7) is 15.7. The van der Waals surface area contributed by atoms with E-state index in [9.17, 15) is 0 Å². The van der Waals surface area contributed by atoms with E-state index in [-0.39, 0.29) is 0 Å². The average Bonchev–Trinajstić information content (AvgIpc) is 2.94. The van der Waals surface area contributed by atoms with Gasteiger partial charge in [-0.15, -0.1) is 0 Å². The highest BCUT2D eigenvalue weighted by molar-refractivity contribution is 5.36. The normalized spacial score (nSPS) is 39.5. The third-order valence-corrected chi connectivity index (χ3v) is 7.24. The van der Waals surface area contributed by atoms with Crippen LogP contribution in [0.3, 0.4) is 0 Å². The number of allylic oxidation sites excluding steroid dienone is 5. The van der Waals surface area contributed by atoms with Gasteiger partial charge in [0, 0.05) is 0 Å². The molecule has 4 atom stereocenters. The zero-order valence-corrected chi connectivity index (χ0v) is 17.0. The van der Waals surface area contributed by atoms with Gasteiger partial charge in [0.25, 0.3) is 0 Å². The second-order valence-electron chi connectivity index (χ2n) is 8.35. The molecule has 0 N–H and O–H groups in total. The van der Waals surface area contributed by atoms with Crippen LogP contribution in [0.15, 0.2) is 35.5 Å². The topological polar surface area (TPSA) is 0 Å². The molecular formula is C24H40. The second kappa shape index (κ2) is 8.54. The molecule has 3 saturated carbocycles. The molecule has 0 amide bonds. The minimum absolute atomic E-state index is 0.591. The van der Waals surface area contributed by atoms with Crippen molar-refractivity contribution in [2.45, 2.75) is 92.4 Å². The van der Waals surface area contributed by atoms with Crippen molar-refractivity contribution in [2.75, 3.05) is 0 Å². The summed E-state index contributed by atoms with van der Waals surface area (Å²) in [5, 5.41) is 0. The molecule has 0 bridgehead atoms. The van der Waals surface area contributed by atoms with Crippen molar-refractivity contribution in [1.29, 1.82) is 0 Å². The van der Waals surface area contributed by atoms with Crippen LogP contribution in [0.25, 0.3) is 0 Å². The maximum atomic E-state index is 4.35. The van der Waals surface area contributed by atoms with Crippen molar-refractivity contribution < 1.29 is 0 Å². The van der Waals surface area contributed by atoms with Gasteiger partial charge in [0.2, 0.25) is 0 Å². The van der Waals surface area contributed by atoms with E-state index < -0.39 is 0 Å². The first kappa shape index (κ1) is 19.5. The predicted octanol–water partition coefficient (Wildman–Crippen LogP) is 7.87. The van der Waals surface area contributed by atoms with Crippen LogP contribution in [0.4, 0.5) is 0 Å². The molecule has 0 aliphatic heterocycles. The number of hydrogen-bond acceptors (Lipinski definition) is 0. The molecule has 0 aromatic carbocycles. The van der Waals surface area contributed by atoms with Crippen molar-refractivity contribution in [3.8, 4) is 0 Å². The van der Waals surface area contributed by atoms with Gasteiger partial charge in [0.05, 0.1) is 0 Å². The predicted molar refractivity (Wildman–Crippen MR) is 108 cm³/mol. The van der Waals surface area contributed by atoms with E-state index in [0.29, 0.717) is 11.3 Å². The highest BCUT2D eigenvalue weighted by Crippen LogP contribution is 2.58. The van der Waals surface area contributed by atoms with E-state index in [1.807, 2.05) is 13.8 Å². The minimum atomic E-state index is 0.591. The van der Waals surface area contributed by atoms with Gasteiger partial charge >= 0.3 is 0 Å². The summed E-state index contributed by atoms with van der Waals surface area (Å²) in [6, 6.07) is 0. The molecule has 24 heavy (non-hydrogen) atoms.